The van der Waals surface area contributed by atoms with E-state index in [2.05, 4.69) is 4.90 Å². The molecule has 18 heavy (non-hydrogen) atoms. The number of nitrogens with zero attached hydrogens (tertiary/aromatic N) is 2. The first-order valence-corrected chi connectivity index (χ1v) is 6.54. The molecule has 1 rings (SSSR count). The molecule has 0 aliphatic carbocycles. The van der Waals surface area contributed by atoms with Crippen molar-refractivity contribution in [3.63, 3.8) is 0 Å². The van der Waals surface area contributed by atoms with E-state index in [1.807, 2.05) is 4.90 Å². The summed E-state index contributed by atoms with van der Waals surface area (Å²) in [6, 6.07) is 0. The van der Waals surface area contributed by atoms with Crippen LogP contribution in [0.1, 0.15) is 6.42 Å². The van der Waals surface area contributed by atoms with Crippen LogP contribution in [0.3, 0.4) is 0 Å². The van der Waals surface area contributed by atoms with Gasteiger partial charge in [-0.15, -0.1) is 0 Å². The number of hydrogen-bond donors (Lipinski definition) is 1. The van der Waals surface area contributed by atoms with Crippen LogP contribution in [-0.4, -0.2) is 81.9 Å². The Kier molecular flexibility index (Phi) is 7.91. The van der Waals surface area contributed by atoms with E-state index < -0.39 is 0 Å². The topological polar surface area (TPSA) is 68.0 Å². The molecule has 1 fully saturated rings. The Balaban J connectivity index is 2.25. The molecule has 0 spiro atoms. The van der Waals surface area contributed by atoms with Crippen molar-refractivity contribution in [1.82, 2.24) is 9.80 Å². The molecule has 0 aromatic heterocycles. The summed E-state index contributed by atoms with van der Waals surface area (Å²) in [6.45, 7) is 6.24. The third-order valence-electron chi connectivity index (χ3n) is 3.04. The van der Waals surface area contributed by atoms with Gasteiger partial charge in [0.25, 0.3) is 0 Å². The van der Waals surface area contributed by atoms with Crippen LogP contribution < -0.4 is 5.73 Å². The van der Waals surface area contributed by atoms with Gasteiger partial charge in [-0.1, -0.05) is 0 Å². The van der Waals surface area contributed by atoms with E-state index in [0.717, 1.165) is 45.8 Å². The summed E-state index contributed by atoms with van der Waals surface area (Å²) in [5, 5.41) is 0. The molecule has 0 aromatic rings. The smallest absolute Gasteiger partial charge is 0.248 e. The standard InChI is InChI=1S/C12H25N3O3/c1-17-10-8-14-4-2-5-15(7-6-14)12(16)11-18-9-3-13/h2-11,13H2,1H3. The first-order valence-electron chi connectivity index (χ1n) is 6.54. The van der Waals surface area contributed by atoms with Gasteiger partial charge in [-0.3, -0.25) is 9.69 Å². The Labute approximate surface area is 109 Å². The van der Waals surface area contributed by atoms with E-state index in [9.17, 15) is 4.79 Å². The van der Waals surface area contributed by atoms with Gasteiger partial charge in [-0.25, -0.2) is 0 Å². The lowest BCUT2D eigenvalue weighted by Gasteiger charge is -2.21. The highest BCUT2D eigenvalue weighted by molar-refractivity contribution is 5.77. The number of methoxy groups -OCH3 is 1. The third kappa shape index (κ3) is 5.77. The van der Waals surface area contributed by atoms with E-state index in [1.165, 1.54) is 0 Å². The molecule has 0 atom stereocenters. The Morgan fingerprint density at radius 2 is 2.06 bits per heavy atom. The van der Waals surface area contributed by atoms with Gasteiger partial charge in [0.2, 0.25) is 5.91 Å². The quantitative estimate of drug-likeness (QED) is 0.603. The van der Waals surface area contributed by atoms with E-state index in [-0.39, 0.29) is 12.5 Å². The number of amides is 1. The summed E-state index contributed by atoms with van der Waals surface area (Å²) in [6.07, 6.45) is 1.01. The van der Waals surface area contributed by atoms with Crippen LogP contribution in [0, 0.1) is 0 Å². The van der Waals surface area contributed by atoms with E-state index in [1.54, 1.807) is 7.11 Å². The molecule has 1 aliphatic heterocycles. The highest BCUT2D eigenvalue weighted by Crippen LogP contribution is 2.03. The zero-order chi connectivity index (χ0) is 13.2. The number of rotatable bonds is 7. The number of ether oxygens (including phenoxy) is 2. The highest BCUT2D eigenvalue weighted by Gasteiger charge is 2.18. The summed E-state index contributed by atoms with van der Waals surface area (Å²) in [4.78, 5) is 16.1. The fourth-order valence-corrected chi connectivity index (χ4v) is 2.00. The number of hydrogen-bond acceptors (Lipinski definition) is 5. The molecular weight excluding hydrogens is 234 g/mol. The monoisotopic (exact) mass is 259 g/mol. The minimum absolute atomic E-state index is 0.0667. The number of carbonyl (C=O) groups excluding carboxylic acids is 1. The molecule has 0 saturated carbocycles. The molecule has 0 bridgehead atoms. The molecule has 6 nitrogen and oxygen atoms in total. The van der Waals surface area contributed by atoms with Gasteiger partial charge in [-0.05, 0) is 13.0 Å². The van der Waals surface area contributed by atoms with Crippen molar-refractivity contribution in [2.45, 2.75) is 6.42 Å². The summed E-state index contributed by atoms with van der Waals surface area (Å²) in [5.74, 6) is 0.0667. The molecule has 106 valence electrons. The maximum atomic E-state index is 11.9. The van der Waals surface area contributed by atoms with E-state index >= 15 is 0 Å². The highest BCUT2D eigenvalue weighted by atomic mass is 16.5. The van der Waals surface area contributed by atoms with Crippen molar-refractivity contribution in [3.05, 3.63) is 0 Å². The summed E-state index contributed by atoms with van der Waals surface area (Å²) < 4.78 is 10.3. The minimum Gasteiger partial charge on any atom is -0.383 e. The van der Waals surface area contributed by atoms with E-state index in [4.69, 9.17) is 15.2 Å². The van der Waals surface area contributed by atoms with Crippen LogP contribution in [0.25, 0.3) is 0 Å². The normalized spacial score (nSPS) is 17.8. The van der Waals surface area contributed by atoms with Crippen molar-refractivity contribution in [2.75, 3.05) is 66.2 Å². The second-order valence-electron chi connectivity index (χ2n) is 4.41. The van der Waals surface area contributed by atoms with Gasteiger partial charge in [0.1, 0.15) is 6.61 Å². The van der Waals surface area contributed by atoms with E-state index in [0.29, 0.717) is 13.2 Å². The molecular formula is C12H25N3O3. The number of nitrogens with two attached hydrogens (primary N) is 1. The van der Waals surface area contributed by atoms with Gasteiger partial charge in [0.05, 0.1) is 13.2 Å². The Morgan fingerprint density at radius 1 is 1.22 bits per heavy atom. The van der Waals surface area contributed by atoms with Crippen molar-refractivity contribution in [1.29, 1.82) is 0 Å². The van der Waals surface area contributed by atoms with Crippen LogP contribution in [0.2, 0.25) is 0 Å². The Hall–Kier alpha value is -0.690. The Morgan fingerprint density at radius 3 is 2.78 bits per heavy atom. The van der Waals surface area contributed by atoms with Crippen molar-refractivity contribution < 1.29 is 14.3 Å². The predicted molar refractivity (Wildman–Crippen MR) is 69.4 cm³/mol. The molecule has 1 aliphatic rings. The summed E-state index contributed by atoms with van der Waals surface area (Å²) in [5.41, 5.74) is 5.31. The zero-order valence-electron chi connectivity index (χ0n) is 11.3. The fraction of sp³-hybridized carbons (Fsp3) is 0.917. The van der Waals surface area contributed by atoms with Crippen LogP contribution in [0.15, 0.2) is 0 Å². The van der Waals surface area contributed by atoms with Gasteiger partial charge in [0, 0.05) is 39.8 Å². The molecule has 0 radical (unpaired) electrons. The summed E-state index contributed by atoms with van der Waals surface area (Å²) in [7, 11) is 1.71. The van der Waals surface area contributed by atoms with Crippen molar-refractivity contribution in [2.24, 2.45) is 5.73 Å². The third-order valence-corrected chi connectivity index (χ3v) is 3.04. The average Bonchev–Trinajstić information content (AvgIpc) is 2.62. The SMILES string of the molecule is COCCN1CCCN(C(=O)COCCN)CC1. The van der Waals surface area contributed by atoms with Crippen LogP contribution in [0.5, 0.6) is 0 Å². The lowest BCUT2D eigenvalue weighted by atomic mass is 10.4. The number of carbonyl (C=O) groups is 1. The molecule has 6 heteroatoms. The van der Waals surface area contributed by atoms with Crippen molar-refractivity contribution in [3.8, 4) is 0 Å². The molecule has 1 saturated heterocycles. The average molecular weight is 259 g/mol. The second kappa shape index (κ2) is 9.27. The fourth-order valence-electron chi connectivity index (χ4n) is 2.00. The molecule has 2 N–H and O–H groups in total. The molecule has 1 amide bonds. The lowest BCUT2D eigenvalue weighted by Crippen LogP contribution is -2.38. The largest absolute Gasteiger partial charge is 0.383 e. The Bertz CT molecular complexity index is 239. The first-order chi connectivity index (χ1) is 8.77. The zero-order valence-corrected chi connectivity index (χ0v) is 11.3. The maximum absolute atomic E-state index is 11.9. The predicted octanol–water partition coefficient (Wildman–Crippen LogP) is -0.858. The van der Waals surface area contributed by atoms with Crippen LogP contribution in [-0.2, 0) is 14.3 Å². The van der Waals surface area contributed by atoms with Crippen LogP contribution in [0.4, 0.5) is 0 Å². The van der Waals surface area contributed by atoms with Crippen molar-refractivity contribution >= 4 is 5.91 Å². The van der Waals surface area contributed by atoms with Gasteiger partial charge < -0.3 is 20.1 Å². The maximum Gasteiger partial charge on any atom is 0.248 e. The summed E-state index contributed by atoms with van der Waals surface area (Å²) >= 11 is 0. The first kappa shape index (κ1) is 15.4. The molecule has 1 heterocycles. The van der Waals surface area contributed by atoms with Gasteiger partial charge >= 0.3 is 0 Å². The minimum atomic E-state index is 0.0667. The second-order valence-corrected chi connectivity index (χ2v) is 4.41. The molecule has 0 aromatic carbocycles. The van der Waals surface area contributed by atoms with Crippen LogP contribution >= 0.6 is 0 Å². The van der Waals surface area contributed by atoms with Gasteiger partial charge in [-0.2, -0.15) is 0 Å². The van der Waals surface area contributed by atoms with Gasteiger partial charge in [0.15, 0.2) is 0 Å². The lowest BCUT2D eigenvalue weighted by molar-refractivity contribution is -0.135. The molecule has 0 unspecified atom stereocenters.